The van der Waals surface area contributed by atoms with Crippen molar-refractivity contribution in [2.24, 2.45) is 0 Å². The van der Waals surface area contributed by atoms with Gasteiger partial charge in [0.2, 0.25) is 5.91 Å². The molecule has 2 N–H and O–H groups in total. The molecule has 1 saturated carbocycles. The summed E-state index contributed by atoms with van der Waals surface area (Å²) in [5.41, 5.74) is 0.288. The molecule has 0 unspecified atom stereocenters. The number of nitrogens with one attached hydrogen (secondary N) is 1. The maximum Gasteiger partial charge on any atom is 0.235 e. The van der Waals surface area contributed by atoms with Gasteiger partial charge in [0.15, 0.2) is 0 Å². The first-order valence-electron chi connectivity index (χ1n) is 6.97. The molecule has 3 rings (SSSR count). The van der Waals surface area contributed by atoms with Gasteiger partial charge in [-0.2, -0.15) is 0 Å². The van der Waals surface area contributed by atoms with Crippen molar-refractivity contribution in [2.45, 2.75) is 24.7 Å². The van der Waals surface area contributed by atoms with Gasteiger partial charge in [-0.25, -0.2) is 4.39 Å². The molecule has 1 fully saturated rings. The van der Waals surface area contributed by atoms with Crippen LogP contribution in [0.5, 0.6) is 5.75 Å². The summed E-state index contributed by atoms with van der Waals surface area (Å²) in [7, 11) is 0. The Labute approximate surface area is 122 Å². The average molecular weight is 285 g/mol. The lowest BCUT2D eigenvalue weighted by Gasteiger charge is -2.40. The molecule has 0 radical (unpaired) electrons. The molecule has 2 aromatic rings. The highest BCUT2D eigenvalue weighted by Crippen LogP contribution is 2.45. The number of phenolic OH excluding ortho intramolecular Hbond substituents is 1. The van der Waals surface area contributed by atoms with Crippen LogP contribution in [0.4, 0.5) is 10.1 Å². The Bertz CT molecular complexity index is 663. The van der Waals surface area contributed by atoms with E-state index < -0.39 is 5.41 Å². The zero-order chi connectivity index (χ0) is 14.9. The van der Waals surface area contributed by atoms with Crippen molar-refractivity contribution in [3.8, 4) is 5.75 Å². The Hall–Kier alpha value is -2.36. The molecule has 21 heavy (non-hydrogen) atoms. The number of phenols is 1. The third-order valence-electron chi connectivity index (χ3n) is 4.16. The second kappa shape index (κ2) is 5.20. The van der Waals surface area contributed by atoms with Crippen LogP contribution in [0.25, 0.3) is 0 Å². The molecule has 2 aromatic carbocycles. The van der Waals surface area contributed by atoms with E-state index in [0.717, 1.165) is 6.42 Å². The summed E-state index contributed by atoms with van der Waals surface area (Å²) < 4.78 is 14.0. The fraction of sp³-hybridized carbons (Fsp3) is 0.235. The largest absolute Gasteiger partial charge is 0.508 e. The Kier molecular flexibility index (Phi) is 3.37. The fourth-order valence-corrected chi connectivity index (χ4v) is 2.79. The Morgan fingerprint density at radius 3 is 2.33 bits per heavy atom. The highest BCUT2D eigenvalue weighted by atomic mass is 19.1. The summed E-state index contributed by atoms with van der Waals surface area (Å²) in [5.74, 6) is -0.386. The number of halogens is 1. The standard InChI is InChI=1S/C17H16FNO2/c18-15-5-2-1-4-14(15)17(10-3-11-17)16(21)19-12-6-8-13(20)9-7-12/h1-2,4-9,20H,3,10-11H2,(H,19,21). The van der Waals surface area contributed by atoms with E-state index in [1.807, 2.05) is 0 Å². The molecule has 0 aliphatic heterocycles. The number of carbonyl (C=O) groups is 1. The molecule has 0 spiro atoms. The number of carbonyl (C=O) groups excluding carboxylic acids is 1. The molecule has 1 amide bonds. The number of benzene rings is 2. The molecular formula is C17H16FNO2. The topological polar surface area (TPSA) is 49.3 Å². The van der Waals surface area contributed by atoms with E-state index in [0.29, 0.717) is 24.1 Å². The van der Waals surface area contributed by atoms with Crippen LogP contribution < -0.4 is 5.32 Å². The van der Waals surface area contributed by atoms with Crippen molar-refractivity contribution in [2.75, 3.05) is 5.32 Å². The molecule has 0 aromatic heterocycles. The predicted octanol–water partition coefficient (Wildman–Crippen LogP) is 3.59. The molecule has 3 nitrogen and oxygen atoms in total. The molecule has 0 atom stereocenters. The van der Waals surface area contributed by atoms with Gasteiger partial charge in [-0.05, 0) is 43.2 Å². The first kappa shape index (κ1) is 13.6. The predicted molar refractivity (Wildman–Crippen MR) is 78.7 cm³/mol. The SMILES string of the molecule is O=C(Nc1ccc(O)cc1)C1(c2ccccc2F)CCC1. The summed E-state index contributed by atoms with van der Waals surface area (Å²) in [4.78, 5) is 12.6. The van der Waals surface area contributed by atoms with Gasteiger partial charge in [-0.15, -0.1) is 0 Å². The Morgan fingerprint density at radius 1 is 1.10 bits per heavy atom. The van der Waals surface area contributed by atoms with E-state index in [1.54, 1.807) is 30.3 Å². The van der Waals surface area contributed by atoms with Gasteiger partial charge in [0, 0.05) is 11.3 Å². The number of amides is 1. The highest BCUT2D eigenvalue weighted by Gasteiger charge is 2.47. The summed E-state index contributed by atoms with van der Waals surface area (Å²) in [5, 5.41) is 12.1. The average Bonchev–Trinajstić information content (AvgIpc) is 2.42. The third kappa shape index (κ3) is 2.37. The molecule has 0 saturated heterocycles. The lowest BCUT2D eigenvalue weighted by Crippen LogP contribution is -2.46. The monoisotopic (exact) mass is 285 g/mol. The molecule has 108 valence electrons. The number of hydrogen-bond acceptors (Lipinski definition) is 2. The van der Waals surface area contributed by atoms with Crippen LogP contribution in [0.2, 0.25) is 0 Å². The van der Waals surface area contributed by atoms with Crippen LogP contribution in [0, 0.1) is 5.82 Å². The van der Waals surface area contributed by atoms with E-state index in [-0.39, 0.29) is 17.5 Å². The summed E-state index contributed by atoms with van der Waals surface area (Å²) >= 11 is 0. The second-order valence-corrected chi connectivity index (χ2v) is 5.42. The van der Waals surface area contributed by atoms with Crippen molar-refractivity contribution >= 4 is 11.6 Å². The minimum atomic E-state index is -0.775. The number of hydrogen-bond donors (Lipinski definition) is 2. The molecule has 0 heterocycles. The summed E-state index contributed by atoms with van der Waals surface area (Å²) in [6, 6.07) is 12.7. The van der Waals surface area contributed by atoms with Gasteiger partial charge in [0.05, 0.1) is 5.41 Å². The summed E-state index contributed by atoms with van der Waals surface area (Å²) in [6.45, 7) is 0. The van der Waals surface area contributed by atoms with Crippen LogP contribution >= 0.6 is 0 Å². The van der Waals surface area contributed by atoms with Crippen LogP contribution in [-0.2, 0) is 10.2 Å². The number of aromatic hydroxyl groups is 1. The normalized spacial score (nSPS) is 16.0. The van der Waals surface area contributed by atoms with Gasteiger partial charge in [-0.3, -0.25) is 4.79 Å². The van der Waals surface area contributed by atoms with Crippen molar-refractivity contribution in [3.05, 3.63) is 59.9 Å². The fourth-order valence-electron chi connectivity index (χ4n) is 2.79. The van der Waals surface area contributed by atoms with Crippen molar-refractivity contribution in [1.82, 2.24) is 0 Å². The highest BCUT2D eigenvalue weighted by molar-refractivity contribution is 6.00. The van der Waals surface area contributed by atoms with Crippen molar-refractivity contribution < 1.29 is 14.3 Å². The molecule has 0 bridgehead atoms. The van der Waals surface area contributed by atoms with E-state index >= 15 is 0 Å². The molecule has 4 heteroatoms. The van der Waals surface area contributed by atoms with E-state index in [1.165, 1.54) is 18.2 Å². The Balaban J connectivity index is 1.88. The van der Waals surface area contributed by atoms with Crippen LogP contribution in [0.3, 0.4) is 0 Å². The van der Waals surface area contributed by atoms with Gasteiger partial charge < -0.3 is 10.4 Å². The zero-order valence-electron chi connectivity index (χ0n) is 11.5. The number of anilines is 1. The minimum absolute atomic E-state index is 0.139. The maximum atomic E-state index is 14.0. The van der Waals surface area contributed by atoms with Gasteiger partial charge in [0.25, 0.3) is 0 Å². The van der Waals surface area contributed by atoms with E-state index in [9.17, 15) is 14.3 Å². The zero-order valence-corrected chi connectivity index (χ0v) is 11.5. The van der Waals surface area contributed by atoms with Gasteiger partial charge in [0.1, 0.15) is 11.6 Å². The van der Waals surface area contributed by atoms with Crippen molar-refractivity contribution in [1.29, 1.82) is 0 Å². The van der Waals surface area contributed by atoms with Crippen LogP contribution in [-0.4, -0.2) is 11.0 Å². The number of rotatable bonds is 3. The lowest BCUT2D eigenvalue weighted by molar-refractivity contribution is -0.124. The van der Waals surface area contributed by atoms with Crippen LogP contribution in [0.1, 0.15) is 24.8 Å². The maximum absolute atomic E-state index is 14.0. The first-order chi connectivity index (χ1) is 10.1. The Morgan fingerprint density at radius 2 is 1.76 bits per heavy atom. The second-order valence-electron chi connectivity index (χ2n) is 5.42. The van der Waals surface area contributed by atoms with Gasteiger partial charge >= 0.3 is 0 Å². The quantitative estimate of drug-likeness (QED) is 0.847. The lowest BCUT2D eigenvalue weighted by atomic mass is 9.63. The van der Waals surface area contributed by atoms with Crippen molar-refractivity contribution in [3.63, 3.8) is 0 Å². The first-order valence-corrected chi connectivity index (χ1v) is 6.97. The smallest absolute Gasteiger partial charge is 0.235 e. The van der Waals surface area contributed by atoms with E-state index in [2.05, 4.69) is 5.32 Å². The third-order valence-corrected chi connectivity index (χ3v) is 4.16. The summed E-state index contributed by atoms with van der Waals surface area (Å²) in [6.07, 6.45) is 2.22. The minimum Gasteiger partial charge on any atom is -0.508 e. The van der Waals surface area contributed by atoms with Crippen LogP contribution in [0.15, 0.2) is 48.5 Å². The molecule has 1 aliphatic rings. The molecular weight excluding hydrogens is 269 g/mol. The van der Waals surface area contributed by atoms with Gasteiger partial charge in [-0.1, -0.05) is 24.6 Å². The molecule has 1 aliphatic carbocycles. The van der Waals surface area contributed by atoms with E-state index in [4.69, 9.17) is 0 Å².